The van der Waals surface area contributed by atoms with Gasteiger partial charge >= 0.3 is 23.9 Å². The highest BCUT2D eigenvalue weighted by Gasteiger charge is 2.34. The Morgan fingerprint density at radius 3 is 0.938 bits per heavy atom. The zero-order valence-corrected chi connectivity index (χ0v) is 50.2. The summed E-state index contributed by atoms with van der Waals surface area (Å²) >= 11 is 0. The largest absolute Gasteiger partial charge is 0.478 e. The van der Waals surface area contributed by atoms with Crippen LogP contribution in [0.5, 0.6) is 0 Å². The normalized spacial score (nSPS) is 11.8. The van der Waals surface area contributed by atoms with E-state index in [0.29, 0.717) is 17.2 Å². The monoisotopic (exact) mass is 1100 g/mol. The van der Waals surface area contributed by atoms with E-state index in [1.807, 2.05) is 24.3 Å². The number of fused-ring (bicyclic) bond motifs is 2. The molecule has 3 N–H and O–H groups in total. The fourth-order valence-electron chi connectivity index (χ4n) is 12.9. The van der Waals surface area contributed by atoms with Gasteiger partial charge in [0.1, 0.15) is 0 Å². The third kappa shape index (κ3) is 22.9. The van der Waals surface area contributed by atoms with E-state index in [9.17, 15) is 34.5 Å². The van der Waals surface area contributed by atoms with Crippen LogP contribution in [0.2, 0.25) is 0 Å². The fraction of sp³-hybridized carbons (Fsp3) is 0.667. The molecule has 0 saturated carbocycles. The number of unbranched alkanes of at least 4 members (excludes halogenated alkanes) is 45. The second-order valence-electron chi connectivity index (χ2n) is 24.1. The van der Waals surface area contributed by atoms with Gasteiger partial charge in [-0.05, 0) is 39.4 Å². The van der Waals surface area contributed by atoms with Crippen molar-refractivity contribution in [3.8, 4) is 0 Å². The van der Waals surface area contributed by atoms with E-state index in [-0.39, 0.29) is 33.9 Å². The Hall–Kier alpha value is -4.72. The topological polar surface area (TPSA) is 138 Å². The number of esters is 1. The predicted octanol–water partition coefficient (Wildman–Crippen LogP) is 23.0. The van der Waals surface area contributed by atoms with Crippen molar-refractivity contribution in [1.82, 2.24) is 0 Å². The van der Waals surface area contributed by atoms with E-state index in [2.05, 4.69) is 6.92 Å². The Morgan fingerprint density at radius 2 is 0.613 bits per heavy atom. The van der Waals surface area contributed by atoms with Gasteiger partial charge in [0, 0.05) is 16.2 Å². The molecule has 0 bridgehead atoms. The summed E-state index contributed by atoms with van der Waals surface area (Å²) in [7, 11) is 0. The first-order valence-electron chi connectivity index (χ1n) is 33.3. The van der Waals surface area contributed by atoms with Crippen LogP contribution in [-0.2, 0) is 4.74 Å². The number of carbonyl (C=O) groups excluding carboxylic acids is 1. The van der Waals surface area contributed by atoms with Crippen LogP contribution in [0, 0.1) is 0 Å². The number of carbonyl (C=O) groups is 4. The Bertz CT molecular complexity index is 2520. The lowest BCUT2D eigenvalue weighted by molar-refractivity contribution is 0.0489. The minimum absolute atomic E-state index is 0.0559. The number of hydrogen-bond acceptors (Lipinski definition) is 5. The Morgan fingerprint density at radius 1 is 0.300 bits per heavy atom. The van der Waals surface area contributed by atoms with Gasteiger partial charge in [-0.3, -0.25) is 0 Å². The molecule has 0 saturated heterocycles. The molecular formula is C72H108O8. The molecule has 0 aromatic heterocycles. The predicted molar refractivity (Wildman–Crippen MR) is 337 cm³/mol. The molecule has 0 aliphatic heterocycles. The summed E-state index contributed by atoms with van der Waals surface area (Å²) in [5.74, 6) is -5.62. The van der Waals surface area contributed by atoms with Gasteiger partial charge in [0.05, 0.1) is 28.9 Å². The molecule has 0 spiro atoms. The van der Waals surface area contributed by atoms with Crippen molar-refractivity contribution < 1.29 is 39.2 Å². The first kappa shape index (κ1) is 66.1. The smallest absolute Gasteiger partial charge is 0.339 e. The van der Waals surface area contributed by atoms with Gasteiger partial charge in [-0.15, -0.1) is 0 Å². The lowest BCUT2D eigenvalue weighted by Gasteiger charge is -2.21. The number of rotatable bonds is 51. The number of carboxylic acid groups (broad SMARTS) is 3. The van der Waals surface area contributed by atoms with Crippen LogP contribution in [0.4, 0.5) is 0 Å². The molecule has 0 atom stereocenters. The standard InChI is InChI=1S/C72H108O8/c1-2-3-4-5-6-7-8-9-10-11-12-13-14-15-16-17-18-19-20-21-22-23-24-25-26-27-28-29-30-31-32-33-34-35-36-37-38-39-40-41-42-43-44-45-46-47-56-80-72(79)68-64-60-53-49-51-57-50-48-52-58(62(57)60)59-54-55-61(69(73)74)65(63(59)64)66(70(75)76)67(68)71(77)78/h48-55H,2-47,56H2,1H3,(H,73,74)(H,75,76)(H,77,78). The summed E-state index contributed by atoms with van der Waals surface area (Å²) < 4.78 is 5.74. The van der Waals surface area contributed by atoms with Crippen LogP contribution in [-0.4, -0.2) is 45.8 Å². The quantitative estimate of drug-likeness (QED) is 0.0151. The summed E-state index contributed by atoms with van der Waals surface area (Å²) in [5, 5.41) is 34.8. The van der Waals surface area contributed by atoms with Gasteiger partial charge in [-0.1, -0.05) is 338 Å². The van der Waals surface area contributed by atoms with Crippen molar-refractivity contribution in [1.29, 1.82) is 0 Å². The van der Waals surface area contributed by atoms with Crippen LogP contribution in [0.15, 0.2) is 48.5 Å². The van der Waals surface area contributed by atoms with Gasteiger partial charge < -0.3 is 20.1 Å². The maximum absolute atomic E-state index is 14.1. The Kier molecular flexibility index (Phi) is 33.4. The van der Waals surface area contributed by atoms with Crippen LogP contribution in [0.25, 0.3) is 43.1 Å². The number of carboxylic acids is 3. The van der Waals surface area contributed by atoms with Gasteiger partial charge in [0.2, 0.25) is 0 Å². The van der Waals surface area contributed by atoms with Crippen LogP contribution < -0.4 is 0 Å². The van der Waals surface area contributed by atoms with E-state index in [1.54, 1.807) is 18.2 Å². The van der Waals surface area contributed by atoms with Gasteiger partial charge in [0.15, 0.2) is 0 Å². The zero-order chi connectivity index (χ0) is 56.8. The Balaban J connectivity index is 0.775. The molecule has 5 aromatic rings. The molecule has 0 radical (unpaired) electrons. The number of hydrogen-bond donors (Lipinski definition) is 3. The molecule has 8 nitrogen and oxygen atoms in total. The maximum Gasteiger partial charge on any atom is 0.339 e. The van der Waals surface area contributed by atoms with E-state index in [1.165, 1.54) is 276 Å². The molecule has 5 rings (SSSR count). The SMILES string of the molecule is CCCCCCCCCCCCCCCCCCCCCCCCCCCCCCCCCCCCCCCCCCCCCCCCOC(=O)c1c(C(=O)O)c(C(=O)O)c2c(C(=O)O)ccc3c4cccc5cccc(c1c23)c54. The van der Waals surface area contributed by atoms with Crippen molar-refractivity contribution in [2.75, 3.05) is 6.61 Å². The van der Waals surface area contributed by atoms with Crippen molar-refractivity contribution in [3.05, 3.63) is 70.8 Å². The molecular weight excluding hydrogens is 993 g/mol. The van der Waals surface area contributed by atoms with Crippen molar-refractivity contribution in [2.45, 2.75) is 302 Å². The second kappa shape index (κ2) is 40.5. The fourth-order valence-corrected chi connectivity index (χ4v) is 12.9. The highest BCUT2D eigenvalue weighted by molar-refractivity contribution is 6.40. The summed E-state index contributed by atoms with van der Waals surface area (Å²) in [6, 6.07) is 14.0. The average molecular weight is 1100 g/mol. The molecule has 0 fully saturated rings. The molecule has 0 aliphatic rings. The lowest BCUT2D eigenvalue weighted by atomic mass is 9.81. The van der Waals surface area contributed by atoms with E-state index < -0.39 is 35.0 Å². The Labute approximate surface area is 483 Å². The molecule has 0 aliphatic carbocycles. The van der Waals surface area contributed by atoms with Gasteiger partial charge in [-0.25, -0.2) is 19.2 Å². The first-order valence-corrected chi connectivity index (χ1v) is 33.3. The van der Waals surface area contributed by atoms with Gasteiger partial charge in [0.25, 0.3) is 0 Å². The van der Waals surface area contributed by atoms with E-state index >= 15 is 0 Å². The van der Waals surface area contributed by atoms with E-state index in [4.69, 9.17) is 4.74 Å². The number of ether oxygens (including phenoxy) is 1. The van der Waals surface area contributed by atoms with E-state index in [0.717, 1.165) is 35.4 Å². The average Bonchev–Trinajstić information content (AvgIpc) is 3.53. The lowest BCUT2D eigenvalue weighted by Crippen LogP contribution is -2.19. The molecule has 0 heterocycles. The van der Waals surface area contributed by atoms with Crippen molar-refractivity contribution in [2.24, 2.45) is 0 Å². The highest BCUT2D eigenvalue weighted by atomic mass is 16.5. The number of benzene rings is 5. The van der Waals surface area contributed by atoms with Gasteiger partial charge in [-0.2, -0.15) is 0 Å². The third-order valence-corrected chi connectivity index (χ3v) is 17.5. The first-order chi connectivity index (χ1) is 39.3. The number of aromatic carboxylic acids is 3. The van der Waals surface area contributed by atoms with Crippen LogP contribution in [0.3, 0.4) is 0 Å². The summed E-state index contributed by atoms with van der Waals surface area (Å²) in [4.78, 5) is 52.4. The minimum atomic E-state index is -1.65. The molecule has 0 amide bonds. The maximum atomic E-state index is 14.1. The minimum Gasteiger partial charge on any atom is -0.478 e. The highest BCUT2D eigenvalue weighted by Crippen LogP contribution is 2.46. The summed E-state index contributed by atoms with van der Waals surface area (Å²) in [6.45, 7) is 2.36. The molecule has 8 heteroatoms. The molecule has 5 aromatic carbocycles. The summed E-state index contributed by atoms with van der Waals surface area (Å²) in [5.41, 5.74) is -2.22. The van der Waals surface area contributed by atoms with Crippen molar-refractivity contribution in [3.63, 3.8) is 0 Å². The van der Waals surface area contributed by atoms with Crippen LogP contribution >= 0.6 is 0 Å². The molecule has 0 unspecified atom stereocenters. The molecule has 80 heavy (non-hydrogen) atoms. The van der Waals surface area contributed by atoms with Crippen molar-refractivity contribution >= 4 is 67.0 Å². The second-order valence-corrected chi connectivity index (χ2v) is 24.1. The summed E-state index contributed by atoms with van der Waals surface area (Å²) in [6.07, 6.45) is 63.2. The molecule has 444 valence electrons. The van der Waals surface area contributed by atoms with Crippen LogP contribution in [0.1, 0.15) is 344 Å². The zero-order valence-electron chi connectivity index (χ0n) is 50.2. The third-order valence-electron chi connectivity index (χ3n) is 17.5.